The van der Waals surface area contributed by atoms with E-state index in [1.165, 1.54) is 10.4 Å². The number of nitrogens with zero attached hydrogens (tertiary/aromatic N) is 3. The summed E-state index contributed by atoms with van der Waals surface area (Å²) in [5.41, 5.74) is 2.49. The van der Waals surface area contributed by atoms with Crippen molar-refractivity contribution in [3.05, 3.63) is 66.1 Å². The third kappa shape index (κ3) is 4.55. The van der Waals surface area contributed by atoms with E-state index in [-0.39, 0.29) is 23.9 Å². The first-order valence-corrected chi connectivity index (χ1v) is 11.7. The van der Waals surface area contributed by atoms with Crippen LogP contribution < -0.4 is 0 Å². The highest BCUT2D eigenvalue weighted by Crippen LogP contribution is 2.21. The fourth-order valence-electron chi connectivity index (χ4n) is 3.53. The van der Waals surface area contributed by atoms with Gasteiger partial charge in [-0.25, -0.2) is 13.4 Å². The molecule has 31 heavy (non-hydrogen) atoms. The summed E-state index contributed by atoms with van der Waals surface area (Å²) in [5.74, 6) is 0.510. The molecule has 1 amide bonds. The smallest absolute Gasteiger partial charge is 0.246 e. The summed E-state index contributed by atoms with van der Waals surface area (Å²) in [6.07, 6.45) is 2.96. The molecule has 0 spiro atoms. The van der Waals surface area contributed by atoms with Crippen molar-refractivity contribution in [3.8, 4) is 0 Å². The number of hydrogen-bond donors (Lipinski definition) is 0. The first-order valence-electron chi connectivity index (χ1n) is 10.3. The van der Waals surface area contributed by atoms with E-state index in [1.54, 1.807) is 23.1 Å². The lowest BCUT2D eigenvalue weighted by atomic mass is 10.0. The van der Waals surface area contributed by atoms with Crippen LogP contribution in [0.2, 0.25) is 0 Å². The molecule has 0 atom stereocenters. The number of fused-ring (bicyclic) bond motifs is 1. The molecular formula is C23H25N3O4S. The molecule has 0 aliphatic carbocycles. The normalized spacial score (nSPS) is 15.9. The average Bonchev–Trinajstić information content (AvgIpc) is 3.20. The molecule has 0 N–H and O–H groups in total. The molecule has 1 aromatic heterocycles. The molecule has 0 unspecified atom stereocenters. The Kier molecular flexibility index (Phi) is 5.93. The fraction of sp³-hybridized carbons (Fsp3) is 0.304. The molecule has 162 valence electrons. The van der Waals surface area contributed by atoms with Crippen molar-refractivity contribution in [2.24, 2.45) is 0 Å². The number of carbonyl (C=O) groups is 1. The van der Waals surface area contributed by atoms with Crippen LogP contribution in [0, 0.1) is 0 Å². The fourth-order valence-corrected chi connectivity index (χ4v) is 4.95. The van der Waals surface area contributed by atoms with Gasteiger partial charge in [0.1, 0.15) is 5.52 Å². The van der Waals surface area contributed by atoms with Crippen LogP contribution in [0.15, 0.2) is 63.9 Å². The lowest BCUT2D eigenvalue weighted by Crippen LogP contribution is -2.50. The van der Waals surface area contributed by atoms with Crippen molar-refractivity contribution >= 4 is 33.1 Å². The Balaban J connectivity index is 1.37. The van der Waals surface area contributed by atoms with Gasteiger partial charge in [0, 0.05) is 38.3 Å². The molecule has 3 aromatic rings. The molecule has 4 rings (SSSR count). The first-order chi connectivity index (χ1) is 14.8. The number of para-hydroxylation sites is 2. The van der Waals surface area contributed by atoms with E-state index in [2.05, 4.69) is 18.8 Å². The molecule has 0 bridgehead atoms. The van der Waals surface area contributed by atoms with Gasteiger partial charge in [-0.2, -0.15) is 4.31 Å². The Hall–Kier alpha value is -2.97. The van der Waals surface area contributed by atoms with Gasteiger partial charge in [0.25, 0.3) is 0 Å². The number of amides is 1. The lowest BCUT2D eigenvalue weighted by Gasteiger charge is -2.33. The number of hydrogen-bond acceptors (Lipinski definition) is 5. The second kappa shape index (κ2) is 8.64. The zero-order valence-electron chi connectivity index (χ0n) is 17.6. The maximum Gasteiger partial charge on any atom is 0.246 e. The Morgan fingerprint density at radius 1 is 1.03 bits per heavy atom. The second-order valence-electron chi connectivity index (χ2n) is 7.81. The van der Waals surface area contributed by atoms with Gasteiger partial charge in [0.05, 0.1) is 4.90 Å². The van der Waals surface area contributed by atoms with Gasteiger partial charge < -0.3 is 9.32 Å². The third-order valence-corrected chi connectivity index (χ3v) is 7.33. The van der Waals surface area contributed by atoms with E-state index in [9.17, 15) is 13.2 Å². The second-order valence-corrected chi connectivity index (χ2v) is 9.74. The number of sulfonamides is 1. The number of benzene rings is 2. The van der Waals surface area contributed by atoms with Gasteiger partial charge in [-0.3, -0.25) is 4.79 Å². The minimum atomic E-state index is -3.57. The summed E-state index contributed by atoms with van der Waals surface area (Å²) in [5, 5.41) is 0. The minimum Gasteiger partial charge on any atom is -0.437 e. The topological polar surface area (TPSA) is 83.7 Å². The molecular weight excluding hydrogens is 414 g/mol. The molecule has 8 heteroatoms. The van der Waals surface area contributed by atoms with Crippen molar-refractivity contribution in [3.63, 3.8) is 0 Å². The number of aromatic nitrogens is 1. The van der Waals surface area contributed by atoms with Gasteiger partial charge in [-0.05, 0) is 35.7 Å². The van der Waals surface area contributed by atoms with Crippen LogP contribution in [0.4, 0.5) is 0 Å². The van der Waals surface area contributed by atoms with Crippen LogP contribution in [-0.2, 0) is 14.8 Å². The summed E-state index contributed by atoms with van der Waals surface area (Å²) in [6, 6.07) is 14.4. The molecule has 0 saturated carbocycles. The average molecular weight is 440 g/mol. The molecule has 1 aliphatic heterocycles. The summed E-state index contributed by atoms with van der Waals surface area (Å²) >= 11 is 0. The maximum atomic E-state index is 12.9. The summed E-state index contributed by atoms with van der Waals surface area (Å²) in [7, 11) is -3.57. The molecule has 2 heterocycles. The van der Waals surface area contributed by atoms with E-state index >= 15 is 0 Å². The van der Waals surface area contributed by atoms with Crippen LogP contribution in [0.25, 0.3) is 17.2 Å². The van der Waals surface area contributed by atoms with Crippen molar-refractivity contribution in [2.45, 2.75) is 24.7 Å². The van der Waals surface area contributed by atoms with Crippen LogP contribution in [-0.4, -0.2) is 54.7 Å². The van der Waals surface area contributed by atoms with Crippen molar-refractivity contribution in [1.29, 1.82) is 0 Å². The summed E-state index contributed by atoms with van der Waals surface area (Å²) in [6.45, 7) is 5.32. The predicted octanol–water partition coefficient (Wildman–Crippen LogP) is 3.50. The van der Waals surface area contributed by atoms with Crippen LogP contribution >= 0.6 is 0 Å². The maximum absolute atomic E-state index is 12.9. The van der Waals surface area contributed by atoms with Gasteiger partial charge in [-0.1, -0.05) is 38.1 Å². The molecule has 1 aliphatic rings. The molecule has 2 aromatic carbocycles. The molecule has 7 nitrogen and oxygen atoms in total. The van der Waals surface area contributed by atoms with Crippen molar-refractivity contribution < 1.29 is 17.6 Å². The largest absolute Gasteiger partial charge is 0.437 e. The van der Waals surface area contributed by atoms with E-state index in [0.29, 0.717) is 30.5 Å². The van der Waals surface area contributed by atoms with Crippen LogP contribution in [0.5, 0.6) is 0 Å². The highest BCUT2D eigenvalue weighted by molar-refractivity contribution is 7.89. The Labute approximate surface area is 182 Å². The number of rotatable bonds is 5. The molecule has 1 saturated heterocycles. The standard InChI is InChI=1S/C23H25N3O4S/c1-17(2)18-7-9-19(10-8-18)31(28,29)26-15-13-25(14-16-26)23(27)12-11-22-24-20-5-3-4-6-21(20)30-22/h3-12,17H,13-16H2,1-2H3/b12-11+. The highest BCUT2D eigenvalue weighted by Gasteiger charge is 2.29. The lowest BCUT2D eigenvalue weighted by molar-refractivity contribution is -0.127. The summed E-state index contributed by atoms with van der Waals surface area (Å²) < 4.78 is 32.9. The number of piperazine rings is 1. The highest BCUT2D eigenvalue weighted by atomic mass is 32.2. The Morgan fingerprint density at radius 3 is 2.35 bits per heavy atom. The van der Waals surface area contributed by atoms with E-state index in [4.69, 9.17) is 4.42 Å². The molecule has 1 fully saturated rings. The SMILES string of the molecule is CC(C)c1ccc(S(=O)(=O)N2CCN(C(=O)/C=C/c3nc4ccccc4o3)CC2)cc1. The number of carbonyl (C=O) groups excluding carboxylic acids is 1. The monoisotopic (exact) mass is 439 g/mol. The van der Waals surface area contributed by atoms with Gasteiger partial charge in [0.2, 0.25) is 21.8 Å². The van der Waals surface area contributed by atoms with Crippen LogP contribution in [0.3, 0.4) is 0 Å². The van der Waals surface area contributed by atoms with Gasteiger partial charge >= 0.3 is 0 Å². The van der Waals surface area contributed by atoms with Crippen LogP contribution in [0.1, 0.15) is 31.2 Å². The van der Waals surface area contributed by atoms with Gasteiger partial charge in [0.15, 0.2) is 5.58 Å². The summed E-state index contributed by atoms with van der Waals surface area (Å²) in [4.78, 5) is 18.7. The Morgan fingerprint density at radius 2 is 1.71 bits per heavy atom. The first kappa shape index (κ1) is 21.3. The van der Waals surface area contributed by atoms with E-state index in [1.807, 2.05) is 36.4 Å². The number of oxazole rings is 1. The zero-order chi connectivity index (χ0) is 22.0. The third-order valence-electron chi connectivity index (χ3n) is 5.41. The van der Waals surface area contributed by atoms with E-state index < -0.39 is 10.0 Å². The van der Waals surface area contributed by atoms with Crippen molar-refractivity contribution in [1.82, 2.24) is 14.2 Å². The minimum absolute atomic E-state index is 0.194. The quantitative estimate of drug-likeness (QED) is 0.568. The Bertz CT molecular complexity index is 1170. The van der Waals surface area contributed by atoms with Gasteiger partial charge in [-0.15, -0.1) is 0 Å². The van der Waals surface area contributed by atoms with Crippen molar-refractivity contribution in [2.75, 3.05) is 26.2 Å². The predicted molar refractivity (Wildman–Crippen MR) is 119 cm³/mol. The van der Waals surface area contributed by atoms with E-state index in [0.717, 1.165) is 11.1 Å². The molecule has 0 radical (unpaired) electrons. The zero-order valence-corrected chi connectivity index (χ0v) is 18.4.